The highest BCUT2D eigenvalue weighted by Crippen LogP contribution is 2.15. The summed E-state index contributed by atoms with van der Waals surface area (Å²) in [6.45, 7) is 0.817. The summed E-state index contributed by atoms with van der Waals surface area (Å²) < 4.78 is 0. The molecule has 0 saturated carbocycles. The van der Waals surface area contributed by atoms with E-state index in [1.54, 1.807) is 11.3 Å². The Hall–Kier alpha value is -0.990. The lowest BCUT2D eigenvalue weighted by molar-refractivity contribution is 1.15. The van der Waals surface area contributed by atoms with Gasteiger partial charge < -0.3 is 5.32 Å². The van der Waals surface area contributed by atoms with E-state index in [9.17, 15) is 0 Å². The minimum absolute atomic E-state index is 0.787. The van der Waals surface area contributed by atoms with E-state index in [-0.39, 0.29) is 0 Å². The standard InChI is InChI=1S/C11H10ClNS/c12-10-3-1-2-9(6-10)7-13-11-4-5-14-8-11/h1-6,8,13H,7H2. The third kappa shape index (κ3) is 2.50. The van der Waals surface area contributed by atoms with Gasteiger partial charge in [0.2, 0.25) is 0 Å². The first-order chi connectivity index (χ1) is 6.84. The van der Waals surface area contributed by atoms with Gasteiger partial charge in [0.15, 0.2) is 0 Å². The molecule has 0 fully saturated rings. The Kier molecular flexibility index (Phi) is 3.07. The zero-order chi connectivity index (χ0) is 9.80. The van der Waals surface area contributed by atoms with Crippen LogP contribution >= 0.6 is 22.9 Å². The maximum Gasteiger partial charge on any atom is 0.0451 e. The summed E-state index contributed by atoms with van der Waals surface area (Å²) in [6.07, 6.45) is 0. The van der Waals surface area contributed by atoms with Crippen molar-refractivity contribution in [3.8, 4) is 0 Å². The molecule has 3 heteroatoms. The Morgan fingerprint density at radius 2 is 2.21 bits per heavy atom. The van der Waals surface area contributed by atoms with E-state index < -0.39 is 0 Å². The first kappa shape index (κ1) is 9.56. The van der Waals surface area contributed by atoms with E-state index in [0.29, 0.717) is 0 Å². The number of anilines is 1. The molecule has 0 spiro atoms. The number of halogens is 1. The maximum absolute atomic E-state index is 5.88. The molecule has 0 bridgehead atoms. The molecule has 0 amide bonds. The van der Waals surface area contributed by atoms with Crippen LogP contribution in [0, 0.1) is 0 Å². The summed E-state index contributed by atoms with van der Waals surface area (Å²) in [5, 5.41) is 8.25. The van der Waals surface area contributed by atoms with Crippen molar-refractivity contribution in [1.82, 2.24) is 0 Å². The second kappa shape index (κ2) is 4.49. The summed E-state index contributed by atoms with van der Waals surface area (Å²) in [7, 11) is 0. The van der Waals surface area contributed by atoms with Crippen LogP contribution in [0.2, 0.25) is 5.02 Å². The molecule has 2 rings (SSSR count). The van der Waals surface area contributed by atoms with Crippen LogP contribution in [0.4, 0.5) is 5.69 Å². The van der Waals surface area contributed by atoms with Crippen molar-refractivity contribution in [1.29, 1.82) is 0 Å². The Morgan fingerprint density at radius 3 is 2.93 bits per heavy atom. The van der Waals surface area contributed by atoms with Gasteiger partial charge in [-0.1, -0.05) is 23.7 Å². The van der Waals surface area contributed by atoms with Crippen molar-refractivity contribution in [2.24, 2.45) is 0 Å². The normalized spacial score (nSPS) is 10.1. The minimum Gasteiger partial charge on any atom is -0.380 e. The fourth-order valence-electron chi connectivity index (χ4n) is 1.22. The highest BCUT2D eigenvalue weighted by atomic mass is 35.5. The fourth-order valence-corrected chi connectivity index (χ4v) is 2.04. The first-order valence-corrected chi connectivity index (χ1v) is 5.67. The molecule has 14 heavy (non-hydrogen) atoms. The van der Waals surface area contributed by atoms with E-state index in [2.05, 4.69) is 28.2 Å². The van der Waals surface area contributed by atoms with Crippen LogP contribution in [0.5, 0.6) is 0 Å². The molecule has 0 aliphatic heterocycles. The van der Waals surface area contributed by atoms with Crippen LogP contribution in [0.25, 0.3) is 0 Å². The number of hydrogen-bond acceptors (Lipinski definition) is 2. The molecular weight excluding hydrogens is 214 g/mol. The van der Waals surface area contributed by atoms with Gasteiger partial charge in [-0.25, -0.2) is 0 Å². The minimum atomic E-state index is 0.787. The van der Waals surface area contributed by atoms with Crippen molar-refractivity contribution < 1.29 is 0 Å². The van der Waals surface area contributed by atoms with E-state index in [4.69, 9.17) is 11.6 Å². The van der Waals surface area contributed by atoms with Gasteiger partial charge in [-0.15, -0.1) is 0 Å². The topological polar surface area (TPSA) is 12.0 Å². The number of nitrogens with one attached hydrogen (secondary N) is 1. The van der Waals surface area contributed by atoms with Crippen LogP contribution in [-0.4, -0.2) is 0 Å². The van der Waals surface area contributed by atoms with Gasteiger partial charge in [0.1, 0.15) is 0 Å². The second-order valence-electron chi connectivity index (χ2n) is 3.00. The van der Waals surface area contributed by atoms with Crippen LogP contribution in [-0.2, 0) is 6.54 Å². The molecule has 0 aliphatic carbocycles. The lowest BCUT2D eigenvalue weighted by Crippen LogP contribution is -1.97. The van der Waals surface area contributed by atoms with Gasteiger partial charge in [-0.05, 0) is 29.1 Å². The highest BCUT2D eigenvalue weighted by Gasteiger charge is 1.94. The monoisotopic (exact) mass is 223 g/mol. The van der Waals surface area contributed by atoms with Gasteiger partial charge >= 0.3 is 0 Å². The van der Waals surface area contributed by atoms with E-state index in [1.807, 2.05) is 18.2 Å². The summed E-state index contributed by atoms with van der Waals surface area (Å²) >= 11 is 7.57. The van der Waals surface area contributed by atoms with Crippen molar-refractivity contribution in [2.75, 3.05) is 5.32 Å². The largest absolute Gasteiger partial charge is 0.380 e. The smallest absolute Gasteiger partial charge is 0.0451 e. The number of thiophene rings is 1. The quantitative estimate of drug-likeness (QED) is 0.829. The molecule has 1 heterocycles. The molecule has 1 nitrogen and oxygen atoms in total. The van der Waals surface area contributed by atoms with Crippen LogP contribution in [0.1, 0.15) is 5.56 Å². The molecule has 72 valence electrons. The Balaban J connectivity index is 1.98. The average Bonchev–Trinajstić information content (AvgIpc) is 2.67. The molecular formula is C11H10ClNS. The highest BCUT2D eigenvalue weighted by molar-refractivity contribution is 7.08. The lowest BCUT2D eigenvalue weighted by atomic mass is 10.2. The van der Waals surface area contributed by atoms with Crippen molar-refractivity contribution in [2.45, 2.75) is 6.54 Å². The van der Waals surface area contributed by atoms with Crippen molar-refractivity contribution >= 4 is 28.6 Å². The Labute approximate surface area is 92.3 Å². The molecule has 0 unspecified atom stereocenters. The van der Waals surface area contributed by atoms with Crippen molar-refractivity contribution in [3.63, 3.8) is 0 Å². The van der Waals surface area contributed by atoms with Crippen LogP contribution in [0.3, 0.4) is 0 Å². The van der Waals surface area contributed by atoms with Gasteiger partial charge in [0.05, 0.1) is 0 Å². The third-order valence-corrected chi connectivity index (χ3v) is 2.83. The molecule has 0 atom stereocenters. The Bertz CT molecular complexity index is 397. The SMILES string of the molecule is Clc1cccc(CNc2ccsc2)c1. The average molecular weight is 224 g/mol. The van der Waals surface area contributed by atoms with Crippen LogP contribution < -0.4 is 5.32 Å². The predicted molar refractivity (Wildman–Crippen MR) is 63.1 cm³/mol. The molecule has 2 aromatic rings. The number of benzene rings is 1. The summed E-state index contributed by atoms with van der Waals surface area (Å²) in [5.74, 6) is 0. The molecule has 0 aliphatic rings. The zero-order valence-electron chi connectivity index (χ0n) is 7.53. The number of hydrogen-bond donors (Lipinski definition) is 1. The van der Waals surface area contributed by atoms with Gasteiger partial charge in [0, 0.05) is 22.6 Å². The molecule has 1 N–H and O–H groups in total. The van der Waals surface area contributed by atoms with Gasteiger partial charge in [-0.3, -0.25) is 0 Å². The molecule has 0 saturated heterocycles. The fraction of sp³-hybridized carbons (Fsp3) is 0.0909. The van der Waals surface area contributed by atoms with Crippen LogP contribution in [0.15, 0.2) is 41.1 Å². The van der Waals surface area contributed by atoms with E-state index >= 15 is 0 Å². The predicted octanol–water partition coefficient (Wildman–Crippen LogP) is 4.01. The molecule has 0 radical (unpaired) electrons. The van der Waals surface area contributed by atoms with E-state index in [0.717, 1.165) is 17.3 Å². The summed E-state index contributed by atoms with van der Waals surface area (Å²) in [6, 6.07) is 9.95. The third-order valence-electron chi connectivity index (χ3n) is 1.91. The summed E-state index contributed by atoms with van der Waals surface area (Å²) in [4.78, 5) is 0. The molecule has 1 aromatic carbocycles. The Morgan fingerprint density at radius 1 is 1.29 bits per heavy atom. The van der Waals surface area contributed by atoms with E-state index in [1.165, 1.54) is 5.56 Å². The lowest BCUT2D eigenvalue weighted by Gasteiger charge is -2.03. The number of rotatable bonds is 3. The van der Waals surface area contributed by atoms with Gasteiger partial charge in [-0.2, -0.15) is 11.3 Å². The zero-order valence-corrected chi connectivity index (χ0v) is 9.11. The first-order valence-electron chi connectivity index (χ1n) is 4.35. The van der Waals surface area contributed by atoms with Crippen molar-refractivity contribution in [3.05, 3.63) is 51.7 Å². The van der Waals surface area contributed by atoms with Gasteiger partial charge in [0.25, 0.3) is 0 Å². The second-order valence-corrected chi connectivity index (χ2v) is 4.21. The maximum atomic E-state index is 5.88. The summed E-state index contributed by atoms with van der Waals surface area (Å²) in [5.41, 5.74) is 2.36. The molecule has 1 aromatic heterocycles.